The first-order valence-corrected chi connectivity index (χ1v) is 15.4. The number of rotatable bonds is 6. The first-order chi connectivity index (χ1) is 19.0. The van der Waals surface area contributed by atoms with Crippen molar-refractivity contribution >= 4 is 33.4 Å². The molecule has 0 spiro atoms. The van der Waals surface area contributed by atoms with Gasteiger partial charge in [-0.25, -0.2) is 4.98 Å². The molecule has 2 saturated heterocycles. The Bertz CT molecular complexity index is 1240. The predicted octanol–water partition coefficient (Wildman–Crippen LogP) is 4.87. The summed E-state index contributed by atoms with van der Waals surface area (Å²) in [5.41, 5.74) is 4.90. The van der Waals surface area contributed by atoms with Gasteiger partial charge < -0.3 is 14.8 Å². The van der Waals surface area contributed by atoms with Crippen LogP contribution in [0.1, 0.15) is 54.1 Å². The van der Waals surface area contributed by atoms with Crippen LogP contribution in [0.3, 0.4) is 0 Å². The molecule has 6 rings (SSSR count). The minimum Gasteiger partial charge on any atom is -0.341 e. The van der Waals surface area contributed by atoms with Crippen LogP contribution in [0.4, 0.5) is 0 Å². The van der Waals surface area contributed by atoms with Gasteiger partial charge in [0.1, 0.15) is 0 Å². The van der Waals surface area contributed by atoms with Gasteiger partial charge in [0.15, 0.2) is 0 Å². The number of piperazine rings is 1. The SMILES string of the molecule is O=C(C1CN(C2c3ccc(Cl)cc3CCc3cc(Br)cnc32)CCN1)N1CCC(CCCn2ccnc2)CC1. The summed E-state index contributed by atoms with van der Waals surface area (Å²) in [5.74, 6) is 0.940. The van der Waals surface area contributed by atoms with Crippen LogP contribution >= 0.6 is 27.5 Å². The second-order valence-corrected chi connectivity index (χ2v) is 12.5. The van der Waals surface area contributed by atoms with Crippen molar-refractivity contribution in [2.75, 3.05) is 32.7 Å². The van der Waals surface area contributed by atoms with Gasteiger partial charge in [-0.1, -0.05) is 17.7 Å². The van der Waals surface area contributed by atoms with Gasteiger partial charge in [-0.05, 0) is 95.3 Å². The molecule has 1 N–H and O–H groups in total. The standard InChI is InChI=1S/C30H36BrClN6O/c31-24-16-23-4-3-22-17-25(32)5-6-26(22)29(28(23)35-18-24)38-15-10-34-27(19-38)30(39)37-12-7-21(8-13-37)2-1-11-36-14-9-33-20-36/h5-6,9,14,16-18,20-21,27,29,34H,1-4,7-8,10-13,15,19H2. The fourth-order valence-corrected chi connectivity index (χ4v) is 7.17. The van der Waals surface area contributed by atoms with Crippen LogP contribution in [0.2, 0.25) is 5.02 Å². The zero-order valence-electron chi connectivity index (χ0n) is 22.2. The Morgan fingerprint density at radius 1 is 1.13 bits per heavy atom. The molecule has 2 aliphatic heterocycles. The first-order valence-electron chi connectivity index (χ1n) is 14.2. The Balaban J connectivity index is 1.12. The number of aryl methyl sites for hydroxylation is 3. The number of aromatic nitrogens is 3. The highest BCUT2D eigenvalue weighted by Gasteiger charge is 2.37. The quantitative estimate of drug-likeness (QED) is 0.431. The van der Waals surface area contributed by atoms with Crippen molar-refractivity contribution in [1.82, 2.24) is 29.7 Å². The fourth-order valence-electron chi connectivity index (χ4n) is 6.60. The third kappa shape index (κ3) is 6.09. The average molecular weight is 612 g/mol. The summed E-state index contributed by atoms with van der Waals surface area (Å²) in [7, 11) is 0. The van der Waals surface area contributed by atoms with Crippen LogP contribution in [0.15, 0.2) is 53.7 Å². The van der Waals surface area contributed by atoms with E-state index in [0.29, 0.717) is 12.5 Å². The third-order valence-corrected chi connectivity index (χ3v) is 9.34. The van der Waals surface area contributed by atoms with Gasteiger partial charge in [0.2, 0.25) is 5.91 Å². The molecule has 0 radical (unpaired) electrons. The second-order valence-electron chi connectivity index (χ2n) is 11.2. The number of hydrogen-bond donors (Lipinski definition) is 1. The molecule has 1 amide bonds. The number of carbonyl (C=O) groups is 1. The maximum Gasteiger partial charge on any atom is 0.241 e. The largest absolute Gasteiger partial charge is 0.341 e. The molecule has 2 atom stereocenters. The monoisotopic (exact) mass is 610 g/mol. The van der Waals surface area contributed by atoms with Gasteiger partial charge >= 0.3 is 0 Å². The lowest BCUT2D eigenvalue weighted by atomic mass is 9.91. The molecule has 2 unspecified atom stereocenters. The molecule has 9 heteroatoms. The minimum atomic E-state index is -0.200. The van der Waals surface area contributed by atoms with Gasteiger partial charge in [-0.2, -0.15) is 0 Å². The number of carbonyl (C=O) groups excluding carboxylic acids is 1. The number of imidazole rings is 1. The van der Waals surface area contributed by atoms with E-state index in [0.717, 1.165) is 80.0 Å². The minimum absolute atomic E-state index is 0.0153. The number of benzene rings is 1. The normalized spacial score (nSPS) is 22.3. The summed E-state index contributed by atoms with van der Waals surface area (Å²) in [6.45, 7) is 5.06. The molecule has 4 heterocycles. The average Bonchev–Trinajstić information content (AvgIpc) is 3.42. The van der Waals surface area contributed by atoms with Crippen LogP contribution in [-0.2, 0) is 24.2 Å². The van der Waals surface area contributed by atoms with E-state index < -0.39 is 0 Å². The first kappa shape index (κ1) is 26.9. The van der Waals surface area contributed by atoms with E-state index in [4.69, 9.17) is 16.6 Å². The predicted molar refractivity (Wildman–Crippen MR) is 157 cm³/mol. The van der Waals surface area contributed by atoms with Crippen molar-refractivity contribution in [3.8, 4) is 0 Å². The number of pyridine rings is 1. The van der Waals surface area contributed by atoms with Gasteiger partial charge in [0.25, 0.3) is 0 Å². The van der Waals surface area contributed by atoms with Crippen LogP contribution in [0.5, 0.6) is 0 Å². The Morgan fingerprint density at radius 2 is 1.97 bits per heavy atom. The van der Waals surface area contributed by atoms with E-state index in [2.05, 4.69) is 58.8 Å². The summed E-state index contributed by atoms with van der Waals surface area (Å²) >= 11 is 10.0. The summed E-state index contributed by atoms with van der Waals surface area (Å²) < 4.78 is 3.15. The summed E-state index contributed by atoms with van der Waals surface area (Å²) in [6, 6.07) is 8.28. The van der Waals surface area contributed by atoms with E-state index in [1.165, 1.54) is 23.1 Å². The zero-order valence-corrected chi connectivity index (χ0v) is 24.6. The number of amides is 1. The van der Waals surface area contributed by atoms with E-state index in [9.17, 15) is 4.79 Å². The van der Waals surface area contributed by atoms with Gasteiger partial charge in [-0.15, -0.1) is 0 Å². The number of fused-ring (bicyclic) bond motifs is 2. The topological polar surface area (TPSA) is 66.3 Å². The van der Waals surface area contributed by atoms with E-state index >= 15 is 0 Å². The van der Waals surface area contributed by atoms with Gasteiger partial charge in [0, 0.05) is 67.4 Å². The van der Waals surface area contributed by atoms with Gasteiger partial charge in [-0.3, -0.25) is 14.7 Å². The smallest absolute Gasteiger partial charge is 0.241 e. The molecular weight excluding hydrogens is 576 g/mol. The molecule has 1 aliphatic carbocycles. The van der Waals surface area contributed by atoms with Crippen molar-refractivity contribution in [2.45, 2.75) is 57.2 Å². The van der Waals surface area contributed by atoms with Crippen molar-refractivity contribution in [1.29, 1.82) is 0 Å². The Hall–Kier alpha value is -2.26. The summed E-state index contributed by atoms with van der Waals surface area (Å²) in [4.78, 5) is 27.3. The highest BCUT2D eigenvalue weighted by Crippen LogP contribution is 2.38. The summed E-state index contributed by atoms with van der Waals surface area (Å²) in [5, 5.41) is 4.31. The van der Waals surface area contributed by atoms with Crippen molar-refractivity contribution < 1.29 is 4.79 Å². The number of hydrogen-bond acceptors (Lipinski definition) is 5. The highest BCUT2D eigenvalue weighted by atomic mass is 79.9. The van der Waals surface area contributed by atoms with E-state index in [-0.39, 0.29) is 18.0 Å². The third-order valence-electron chi connectivity index (χ3n) is 8.67. The van der Waals surface area contributed by atoms with Crippen molar-refractivity contribution in [3.05, 3.63) is 81.1 Å². The Labute approximate surface area is 244 Å². The lowest BCUT2D eigenvalue weighted by Gasteiger charge is -2.41. The molecule has 3 aromatic rings. The van der Waals surface area contributed by atoms with E-state index in [1.807, 2.05) is 31.0 Å². The van der Waals surface area contributed by atoms with E-state index in [1.54, 1.807) is 0 Å². The lowest BCUT2D eigenvalue weighted by molar-refractivity contribution is -0.136. The Kier molecular flexibility index (Phi) is 8.35. The molecule has 39 heavy (non-hydrogen) atoms. The number of halogens is 2. The highest BCUT2D eigenvalue weighted by molar-refractivity contribution is 9.10. The maximum absolute atomic E-state index is 13.7. The Morgan fingerprint density at radius 3 is 2.79 bits per heavy atom. The van der Waals surface area contributed by atoms with Crippen molar-refractivity contribution in [2.24, 2.45) is 5.92 Å². The van der Waals surface area contributed by atoms with Crippen LogP contribution in [-0.4, -0.2) is 69.0 Å². The number of nitrogens with zero attached hydrogens (tertiary/aromatic N) is 5. The van der Waals surface area contributed by atoms with Gasteiger partial charge in [0.05, 0.1) is 24.1 Å². The number of nitrogens with one attached hydrogen (secondary N) is 1. The molecule has 0 bridgehead atoms. The number of piperidine rings is 1. The molecule has 1 aromatic carbocycles. The maximum atomic E-state index is 13.7. The van der Waals surface area contributed by atoms with Crippen molar-refractivity contribution in [3.63, 3.8) is 0 Å². The molecule has 3 aliphatic rings. The fraction of sp³-hybridized carbons (Fsp3) is 0.500. The zero-order chi connectivity index (χ0) is 26.8. The molecule has 206 valence electrons. The molecular formula is C30H36BrClN6O. The molecule has 2 aromatic heterocycles. The summed E-state index contributed by atoms with van der Waals surface area (Å²) in [6.07, 6.45) is 14.1. The number of likely N-dealkylation sites (tertiary alicyclic amines) is 1. The molecule has 0 saturated carbocycles. The molecule has 2 fully saturated rings. The van der Waals surface area contributed by atoms with Crippen LogP contribution in [0, 0.1) is 5.92 Å². The lowest BCUT2D eigenvalue weighted by Crippen LogP contribution is -2.59. The van der Waals surface area contributed by atoms with Crippen LogP contribution < -0.4 is 5.32 Å². The van der Waals surface area contributed by atoms with Crippen LogP contribution in [0.25, 0.3) is 0 Å². The second kappa shape index (κ2) is 12.1. The molecule has 7 nitrogen and oxygen atoms in total.